The van der Waals surface area contributed by atoms with Gasteiger partial charge in [-0.1, -0.05) is 78.9 Å². The highest BCUT2D eigenvalue weighted by Crippen LogP contribution is 2.20. The van der Waals surface area contributed by atoms with Crippen molar-refractivity contribution in [2.75, 3.05) is 25.5 Å². The van der Waals surface area contributed by atoms with Crippen LogP contribution in [0.5, 0.6) is 0 Å². The van der Waals surface area contributed by atoms with Crippen LogP contribution in [0, 0.1) is 13.8 Å². The van der Waals surface area contributed by atoms with Crippen LogP contribution in [0.4, 0.5) is 5.69 Å². The summed E-state index contributed by atoms with van der Waals surface area (Å²) in [5.74, 6) is -0.251. The van der Waals surface area contributed by atoms with Gasteiger partial charge in [-0.2, -0.15) is 0 Å². The molecule has 0 aliphatic carbocycles. The summed E-state index contributed by atoms with van der Waals surface area (Å²) in [5, 5.41) is 6.11. The molecule has 0 fully saturated rings. The molecule has 0 aliphatic heterocycles. The van der Waals surface area contributed by atoms with Crippen LogP contribution in [0.1, 0.15) is 28.3 Å². The molecule has 0 saturated heterocycles. The molecule has 166 valence electrons. The summed E-state index contributed by atoms with van der Waals surface area (Å²) in [6.45, 7) is 4.21. The number of benzene rings is 3. The zero-order valence-corrected chi connectivity index (χ0v) is 19.0. The number of anilines is 1. The second-order valence-corrected chi connectivity index (χ2v) is 8.21. The summed E-state index contributed by atoms with van der Waals surface area (Å²) >= 11 is 0. The van der Waals surface area contributed by atoms with Gasteiger partial charge in [-0.3, -0.25) is 14.5 Å². The van der Waals surface area contributed by atoms with Crippen LogP contribution >= 0.6 is 0 Å². The molecule has 0 spiro atoms. The Bertz CT molecular complexity index is 1020. The summed E-state index contributed by atoms with van der Waals surface area (Å²) < 4.78 is 0. The van der Waals surface area contributed by atoms with Crippen LogP contribution in [0.2, 0.25) is 0 Å². The second kappa shape index (κ2) is 11.3. The first kappa shape index (κ1) is 23.2. The van der Waals surface area contributed by atoms with Crippen molar-refractivity contribution >= 4 is 17.5 Å². The highest BCUT2D eigenvalue weighted by atomic mass is 16.2. The Balaban J connectivity index is 1.58. The smallest absolute Gasteiger partial charge is 0.238 e. The van der Waals surface area contributed by atoms with E-state index in [2.05, 4.69) is 22.8 Å². The number of nitrogens with one attached hydrogen (secondary N) is 2. The number of rotatable bonds is 9. The lowest BCUT2D eigenvalue weighted by Crippen LogP contribution is -2.40. The lowest BCUT2D eigenvalue weighted by Gasteiger charge is -2.22. The lowest BCUT2D eigenvalue weighted by molar-refractivity contribution is -0.123. The topological polar surface area (TPSA) is 61.4 Å². The van der Waals surface area contributed by atoms with Crippen molar-refractivity contribution in [1.82, 2.24) is 10.2 Å². The fourth-order valence-corrected chi connectivity index (χ4v) is 3.76. The van der Waals surface area contributed by atoms with E-state index in [1.807, 2.05) is 80.6 Å². The van der Waals surface area contributed by atoms with Crippen LogP contribution in [-0.2, 0) is 16.0 Å². The van der Waals surface area contributed by atoms with E-state index in [4.69, 9.17) is 0 Å². The van der Waals surface area contributed by atoms with Crippen LogP contribution in [0.25, 0.3) is 0 Å². The van der Waals surface area contributed by atoms with Gasteiger partial charge >= 0.3 is 0 Å². The van der Waals surface area contributed by atoms with Gasteiger partial charge in [-0.15, -0.1) is 0 Å². The number of carbonyl (C=O) groups excluding carboxylic acids is 2. The molecule has 5 nitrogen and oxygen atoms in total. The van der Waals surface area contributed by atoms with Gasteiger partial charge in [-0.05, 0) is 49.6 Å². The standard InChI is InChI=1S/C27H31N3O2/c1-20-11-10-12-21(2)27(20)29-26(32)19-30(3)18-25(31)28-24(23-15-8-5-9-16-23)17-22-13-6-4-7-14-22/h4-16,24H,17-19H2,1-3H3,(H,28,31)(H,29,32)/t24-/m0/s1. The zero-order chi connectivity index (χ0) is 22.9. The minimum atomic E-state index is -0.137. The molecule has 32 heavy (non-hydrogen) atoms. The molecule has 0 heterocycles. The third-order valence-corrected chi connectivity index (χ3v) is 5.39. The molecule has 0 aliphatic rings. The molecule has 0 unspecified atom stereocenters. The van der Waals surface area contributed by atoms with E-state index in [1.54, 1.807) is 11.9 Å². The molecule has 0 aromatic heterocycles. The molecule has 3 rings (SSSR count). The largest absolute Gasteiger partial charge is 0.348 e. The zero-order valence-electron chi connectivity index (χ0n) is 19.0. The highest BCUT2D eigenvalue weighted by molar-refractivity contribution is 5.94. The Morgan fingerprint density at radius 2 is 1.34 bits per heavy atom. The molecule has 0 bridgehead atoms. The Morgan fingerprint density at radius 1 is 0.781 bits per heavy atom. The van der Waals surface area contributed by atoms with Crippen molar-refractivity contribution in [1.29, 1.82) is 0 Å². The van der Waals surface area contributed by atoms with Gasteiger partial charge in [0.05, 0.1) is 19.1 Å². The summed E-state index contributed by atoms with van der Waals surface area (Å²) in [6.07, 6.45) is 0.702. The molecular formula is C27H31N3O2. The van der Waals surface area contributed by atoms with Crippen molar-refractivity contribution in [3.63, 3.8) is 0 Å². The molecule has 3 aromatic carbocycles. The quantitative estimate of drug-likeness (QED) is 0.534. The number of amides is 2. The number of para-hydroxylation sites is 1. The van der Waals surface area contributed by atoms with E-state index in [9.17, 15) is 9.59 Å². The number of aryl methyl sites for hydroxylation is 2. The van der Waals surface area contributed by atoms with Crippen LogP contribution in [0.15, 0.2) is 78.9 Å². The first-order valence-electron chi connectivity index (χ1n) is 10.8. The number of hydrogen-bond acceptors (Lipinski definition) is 3. The van der Waals surface area contributed by atoms with Gasteiger partial charge in [0.1, 0.15) is 0 Å². The number of nitrogens with zero attached hydrogens (tertiary/aromatic N) is 1. The molecular weight excluding hydrogens is 398 g/mol. The predicted molar refractivity (Wildman–Crippen MR) is 130 cm³/mol. The first-order chi connectivity index (χ1) is 15.4. The van der Waals surface area contributed by atoms with Gasteiger partial charge in [0.25, 0.3) is 0 Å². The lowest BCUT2D eigenvalue weighted by atomic mass is 9.99. The Labute approximate surface area is 190 Å². The maximum atomic E-state index is 12.8. The normalized spacial score (nSPS) is 11.8. The Kier molecular flexibility index (Phi) is 8.17. The molecule has 2 N–H and O–H groups in total. The molecule has 5 heteroatoms. The molecule has 1 atom stereocenters. The fraction of sp³-hybridized carbons (Fsp3) is 0.259. The fourth-order valence-electron chi connectivity index (χ4n) is 3.76. The van der Waals surface area contributed by atoms with E-state index in [1.165, 1.54) is 0 Å². The minimum Gasteiger partial charge on any atom is -0.348 e. The summed E-state index contributed by atoms with van der Waals surface area (Å²) in [5.41, 5.74) is 5.08. The van der Waals surface area contributed by atoms with E-state index >= 15 is 0 Å². The third-order valence-electron chi connectivity index (χ3n) is 5.39. The molecule has 3 aromatic rings. The highest BCUT2D eigenvalue weighted by Gasteiger charge is 2.18. The maximum absolute atomic E-state index is 12.8. The third kappa shape index (κ3) is 6.79. The number of likely N-dealkylation sites (N-methyl/N-ethyl adjacent to an activating group) is 1. The van der Waals surface area contributed by atoms with Gasteiger partial charge in [0.2, 0.25) is 11.8 Å². The van der Waals surface area contributed by atoms with Crippen molar-refractivity contribution < 1.29 is 9.59 Å². The molecule has 0 radical (unpaired) electrons. The average molecular weight is 430 g/mol. The average Bonchev–Trinajstić information content (AvgIpc) is 2.77. The van der Waals surface area contributed by atoms with Crippen LogP contribution in [-0.4, -0.2) is 36.9 Å². The van der Waals surface area contributed by atoms with Gasteiger partial charge in [-0.25, -0.2) is 0 Å². The number of carbonyl (C=O) groups is 2. The monoisotopic (exact) mass is 429 g/mol. The summed E-state index contributed by atoms with van der Waals surface area (Å²) in [4.78, 5) is 27.0. The minimum absolute atomic E-state index is 0.114. The summed E-state index contributed by atoms with van der Waals surface area (Å²) in [6, 6.07) is 25.8. The first-order valence-corrected chi connectivity index (χ1v) is 10.8. The van der Waals surface area contributed by atoms with Crippen LogP contribution in [0.3, 0.4) is 0 Å². The van der Waals surface area contributed by atoms with E-state index in [0.29, 0.717) is 6.42 Å². The van der Waals surface area contributed by atoms with Gasteiger partial charge in [0, 0.05) is 5.69 Å². The van der Waals surface area contributed by atoms with Crippen molar-refractivity contribution in [2.24, 2.45) is 0 Å². The van der Waals surface area contributed by atoms with Gasteiger partial charge < -0.3 is 10.6 Å². The predicted octanol–water partition coefficient (Wildman–Crippen LogP) is 4.27. The van der Waals surface area contributed by atoms with Crippen molar-refractivity contribution in [2.45, 2.75) is 26.3 Å². The van der Waals surface area contributed by atoms with Crippen molar-refractivity contribution in [3.8, 4) is 0 Å². The molecule has 0 saturated carbocycles. The SMILES string of the molecule is Cc1cccc(C)c1NC(=O)CN(C)CC(=O)N[C@@H](Cc1ccccc1)c1ccccc1. The molecule has 2 amide bonds. The van der Waals surface area contributed by atoms with Crippen LogP contribution < -0.4 is 10.6 Å². The Hall–Kier alpha value is -3.44. The van der Waals surface area contributed by atoms with Crippen molar-refractivity contribution in [3.05, 3.63) is 101 Å². The van der Waals surface area contributed by atoms with E-state index in [-0.39, 0.29) is 30.9 Å². The maximum Gasteiger partial charge on any atom is 0.238 e. The summed E-state index contributed by atoms with van der Waals surface area (Å²) in [7, 11) is 1.78. The second-order valence-electron chi connectivity index (χ2n) is 8.21. The van der Waals surface area contributed by atoms with E-state index < -0.39 is 0 Å². The number of hydrogen-bond donors (Lipinski definition) is 2. The van der Waals surface area contributed by atoms with E-state index in [0.717, 1.165) is 27.9 Å². The van der Waals surface area contributed by atoms with Gasteiger partial charge in [0.15, 0.2) is 0 Å². The Morgan fingerprint density at radius 3 is 1.97 bits per heavy atom.